The molecular formula is C9H7Cl2N5O2. The van der Waals surface area contributed by atoms with Crippen LogP contribution in [0.5, 0.6) is 0 Å². The Morgan fingerprint density at radius 2 is 1.89 bits per heavy atom. The molecule has 0 atom stereocenters. The summed E-state index contributed by atoms with van der Waals surface area (Å²) in [4.78, 5) is 0. The summed E-state index contributed by atoms with van der Waals surface area (Å²) in [5.41, 5.74) is 5.52. The summed E-state index contributed by atoms with van der Waals surface area (Å²) in [5.74, 6) is -0.515. The fourth-order valence-electron chi connectivity index (χ4n) is 1.25. The van der Waals surface area contributed by atoms with Gasteiger partial charge in [0.05, 0.1) is 5.69 Å². The lowest BCUT2D eigenvalue weighted by atomic mass is 10.3. The number of nitrogens with one attached hydrogen (secondary N) is 1. The molecule has 94 valence electrons. The predicted octanol–water partition coefficient (Wildman–Crippen LogP) is 2.18. The number of nitrogen functional groups attached to an aromatic ring is 1. The van der Waals surface area contributed by atoms with Gasteiger partial charge in [0.2, 0.25) is 0 Å². The molecule has 0 aliphatic carbocycles. The van der Waals surface area contributed by atoms with Gasteiger partial charge >= 0.3 is 0 Å². The van der Waals surface area contributed by atoms with Gasteiger partial charge in [-0.15, -0.1) is 0 Å². The van der Waals surface area contributed by atoms with Crippen molar-refractivity contribution in [2.45, 2.75) is 0 Å². The Balaban J connectivity index is 2.34. The summed E-state index contributed by atoms with van der Waals surface area (Å²) < 4.78 is 4.34. The van der Waals surface area contributed by atoms with Crippen LogP contribution >= 0.6 is 23.2 Å². The number of amidine groups is 1. The second kappa shape index (κ2) is 4.81. The number of nitrogens with two attached hydrogens (primary N) is 1. The Bertz CT molecular complexity index is 580. The average molecular weight is 288 g/mol. The van der Waals surface area contributed by atoms with E-state index in [1.54, 1.807) is 0 Å². The zero-order valence-corrected chi connectivity index (χ0v) is 10.3. The van der Waals surface area contributed by atoms with E-state index in [9.17, 15) is 5.21 Å². The number of halogens is 2. The van der Waals surface area contributed by atoms with Crippen molar-refractivity contribution in [3.05, 3.63) is 33.9 Å². The van der Waals surface area contributed by atoms with Crippen LogP contribution in [0.15, 0.2) is 22.8 Å². The van der Waals surface area contributed by atoms with Crippen molar-refractivity contribution in [2.24, 2.45) is 0 Å². The molecule has 0 fully saturated rings. The Kier molecular flexibility index (Phi) is 3.37. The van der Waals surface area contributed by atoms with E-state index in [0.29, 0.717) is 15.1 Å². The van der Waals surface area contributed by atoms with Crippen molar-refractivity contribution in [3.8, 4) is 0 Å². The van der Waals surface area contributed by atoms with Crippen LogP contribution in [0.3, 0.4) is 0 Å². The zero-order valence-electron chi connectivity index (χ0n) is 8.76. The summed E-state index contributed by atoms with van der Waals surface area (Å²) >= 11 is 11.6. The minimum absolute atomic E-state index is 0.0893. The smallest absolute Gasteiger partial charge is 0.199 e. The topological polar surface area (TPSA) is 112 Å². The number of hydrogen-bond donors (Lipinski definition) is 3. The molecule has 0 aliphatic heterocycles. The monoisotopic (exact) mass is 287 g/mol. The van der Waals surface area contributed by atoms with Gasteiger partial charge in [-0.2, -0.15) is 0 Å². The van der Waals surface area contributed by atoms with Crippen molar-refractivity contribution in [1.29, 1.82) is 5.41 Å². The molecule has 0 saturated carbocycles. The lowest BCUT2D eigenvalue weighted by molar-refractivity contribution is 0.300. The van der Waals surface area contributed by atoms with E-state index in [2.05, 4.69) is 14.9 Å². The first-order valence-electron chi connectivity index (χ1n) is 4.61. The van der Waals surface area contributed by atoms with Gasteiger partial charge in [0.25, 0.3) is 0 Å². The lowest BCUT2D eigenvalue weighted by Crippen LogP contribution is -2.28. The minimum Gasteiger partial charge on any atom is -0.379 e. The van der Waals surface area contributed by atoms with Crippen LogP contribution in [0.2, 0.25) is 10.0 Å². The maximum Gasteiger partial charge on any atom is 0.199 e. The highest BCUT2D eigenvalue weighted by atomic mass is 35.5. The molecule has 0 bridgehead atoms. The summed E-state index contributed by atoms with van der Waals surface area (Å²) in [5, 5.41) is 25.4. The van der Waals surface area contributed by atoms with Gasteiger partial charge in [0.15, 0.2) is 17.3 Å². The first-order chi connectivity index (χ1) is 8.49. The number of nitrogens with zero attached hydrogens (tertiary/aromatic N) is 3. The molecule has 2 aromatic rings. The third-order valence-corrected chi connectivity index (χ3v) is 2.48. The Morgan fingerprint density at radius 3 is 2.39 bits per heavy atom. The molecule has 0 radical (unpaired) electrons. The van der Waals surface area contributed by atoms with E-state index in [-0.39, 0.29) is 17.2 Å². The molecule has 1 heterocycles. The largest absolute Gasteiger partial charge is 0.379 e. The quantitative estimate of drug-likeness (QED) is 0.443. The number of rotatable bonds is 2. The van der Waals surface area contributed by atoms with E-state index in [1.165, 1.54) is 18.2 Å². The van der Waals surface area contributed by atoms with Crippen LogP contribution in [0.1, 0.15) is 5.69 Å². The van der Waals surface area contributed by atoms with E-state index in [1.807, 2.05) is 0 Å². The highest BCUT2D eigenvalue weighted by Crippen LogP contribution is 2.25. The Labute approximate surface area is 111 Å². The maximum atomic E-state index is 9.86. The maximum absolute atomic E-state index is 9.86. The van der Waals surface area contributed by atoms with Crippen molar-refractivity contribution in [3.63, 3.8) is 0 Å². The van der Waals surface area contributed by atoms with E-state index < -0.39 is 5.84 Å². The molecule has 0 saturated heterocycles. The normalized spacial score (nSPS) is 10.4. The molecule has 0 spiro atoms. The fourth-order valence-corrected chi connectivity index (χ4v) is 1.77. The van der Waals surface area contributed by atoms with Gasteiger partial charge in [-0.1, -0.05) is 23.2 Å². The fraction of sp³-hybridized carbons (Fsp3) is 0. The highest BCUT2D eigenvalue weighted by molar-refractivity contribution is 6.35. The molecule has 1 aromatic heterocycles. The third kappa shape index (κ3) is 2.37. The number of hydroxylamine groups is 1. The lowest BCUT2D eigenvalue weighted by Gasteiger charge is -2.16. The number of benzene rings is 1. The van der Waals surface area contributed by atoms with Gasteiger partial charge < -0.3 is 5.73 Å². The zero-order chi connectivity index (χ0) is 13.3. The third-order valence-electron chi connectivity index (χ3n) is 2.04. The first-order valence-corrected chi connectivity index (χ1v) is 5.36. The SMILES string of the molecule is N=C(c1nonc1N)N(O)c1cc(Cl)cc(Cl)c1. The van der Waals surface area contributed by atoms with Crippen LogP contribution in [0.4, 0.5) is 11.5 Å². The molecule has 4 N–H and O–H groups in total. The van der Waals surface area contributed by atoms with Crippen LogP contribution in [-0.4, -0.2) is 21.4 Å². The van der Waals surface area contributed by atoms with E-state index in [0.717, 1.165) is 0 Å². The average Bonchev–Trinajstić information content (AvgIpc) is 2.72. The van der Waals surface area contributed by atoms with Gasteiger partial charge in [-0.05, 0) is 28.5 Å². The van der Waals surface area contributed by atoms with Gasteiger partial charge in [-0.3, -0.25) is 10.6 Å². The molecule has 1 aromatic carbocycles. The molecule has 7 nitrogen and oxygen atoms in total. The second-order valence-corrected chi connectivity index (χ2v) is 4.16. The van der Waals surface area contributed by atoms with Gasteiger partial charge in [0.1, 0.15) is 0 Å². The van der Waals surface area contributed by atoms with Crippen molar-refractivity contribution in [1.82, 2.24) is 10.3 Å². The van der Waals surface area contributed by atoms with Crippen LogP contribution < -0.4 is 10.8 Å². The highest BCUT2D eigenvalue weighted by Gasteiger charge is 2.19. The van der Waals surface area contributed by atoms with Crippen LogP contribution in [0.25, 0.3) is 0 Å². The second-order valence-electron chi connectivity index (χ2n) is 3.29. The van der Waals surface area contributed by atoms with Gasteiger partial charge in [0, 0.05) is 10.0 Å². The predicted molar refractivity (Wildman–Crippen MR) is 66.3 cm³/mol. The summed E-state index contributed by atoms with van der Waals surface area (Å²) in [7, 11) is 0. The molecule has 0 aliphatic rings. The first kappa shape index (κ1) is 12.6. The molecule has 0 unspecified atom stereocenters. The van der Waals surface area contributed by atoms with Crippen molar-refractivity contribution < 1.29 is 9.84 Å². The molecule has 18 heavy (non-hydrogen) atoms. The van der Waals surface area contributed by atoms with Gasteiger partial charge in [-0.25, -0.2) is 9.69 Å². The van der Waals surface area contributed by atoms with Crippen molar-refractivity contribution in [2.75, 3.05) is 10.8 Å². The Morgan fingerprint density at radius 1 is 1.28 bits per heavy atom. The van der Waals surface area contributed by atoms with Crippen LogP contribution in [0, 0.1) is 5.41 Å². The molecule has 2 rings (SSSR count). The van der Waals surface area contributed by atoms with Crippen LogP contribution in [-0.2, 0) is 0 Å². The molecular weight excluding hydrogens is 281 g/mol. The summed E-state index contributed by atoms with van der Waals surface area (Å²) in [6, 6.07) is 4.34. The molecule has 0 amide bonds. The number of hydrogen-bond acceptors (Lipinski definition) is 6. The standard InChI is InChI=1S/C9H7Cl2N5O2/c10-4-1-5(11)3-6(2-4)16(17)9(13)7-8(12)15-18-14-7/h1-3,13,17H,(H2,12,15). The summed E-state index contributed by atoms with van der Waals surface area (Å²) in [6.07, 6.45) is 0. The Hall–Kier alpha value is -1.83. The molecule has 9 heteroatoms. The summed E-state index contributed by atoms with van der Waals surface area (Å²) in [6.45, 7) is 0. The minimum atomic E-state index is -0.410. The van der Waals surface area contributed by atoms with Crippen molar-refractivity contribution >= 4 is 40.5 Å². The number of anilines is 2. The van der Waals surface area contributed by atoms with E-state index >= 15 is 0 Å². The number of aromatic nitrogens is 2. The van der Waals surface area contributed by atoms with E-state index in [4.69, 9.17) is 34.3 Å².